The number of aryl methyl sites for hydroxylation is 1. The summed E-state index contributed by atoms with van der Waals surface area (Å²) in [5, 5.41) is 3.27. The van der Waals surface area contributed by atoms with Crippen LogP contribution in [-0.2, 0) is 13.0 Å². The van der Waals surface area contributed by atoms with E-state index in [1.165, 1.54) is 17.7 Å². The van der Waals surface area contributed by atoms with Crippen molar-refractivity contribution in [1.82, 2.24) is 5.32 Å². The summed E-state index contributed by atoms with van der Waals surface area (Å²) in [6.45, 7) is 4.69. The van der Waals surface area contributed by atoms with Gasteiger partial charge in [-0.25, -0.2) is 8.78 Å². The van der Waals surface area contributed by atoms with Crippen molar-refractivity contribution in [3.63, 3.8) is 0 Å². The number of nitrogens with one attached hydrogen (secondary N) is 1. The van der Waals surface area contributed by atoms with Crippen molar-refractivity contribution in [3.8, 4) is 0 Å². The molecule has 0 heterocycles. The van der Waals surface area contributed by atoms with Crippen LogP contribution in [0, 0.1) is 11.6 Å². The van der Waals surface area contributed by atoms with Gasteiger partial charge in [0.1, 0.15) is 11.6 Å². The van der Waals surface area contributed by atoms with Crippen LogP contribution in [0.1, 0.15) is 36.6 Å². The van der Waals surface area contributed by atoms with Crippen LogP contribution in [0.15, 0.2) is 42.5 Å². The maximum Gasteiger partial charge on any atom is 0.126 e. The van der Waals surface area contributed by atoms with Gasteiger partial charge in [-0.1, -0.05) is 31.2 Å². The first-order valence-corrected chi connectivity index (χ1v) is 6.85. The van der Waals surface area contributed by atoms with Crippen LogP contribution in [0.3, 0.4) is 0 Å². The van der Waals surface area contributed by atoms with Gasteiger partial charge < -0.3 is 5.32 Å². The number of hydrogen-bond donors (Lipinski definition) is 1. The van der Waals surface area contributed by atoms with Gasteiger partial charge in [0.2, 0.25) is 0 Å². The van der Waals surface area contributed by atoms with Gasteiger partial charge in [0.25, 0.3) is 0 Å². The van der Waals surface area contributed by atoms with E-state index in [1.807, 2.05) is 6.92 Å². The fourth-order valence-corrected chi connectivity index (χ4v) is 2.11. The highest BCUT2D eigenvalue weighted by atomic mass is 19.1. The Balaban J connectivity index is 1.98. The molecule has 0 saturated carbocycles. The maximum absolute atomic E-state index is 13.2. The van der Waals surface area contributed by atoms with Crippen LogP contribution in [-0.4, -0.2) is 0 Å². The molecule has 0 saturated heterocycles. The summed E-state index contributed by atoms with van der Waals surface area (Å²) in [6.07, 6.45) is 1.02. The minimum atomic E-state index is -0.541. The molecular formula is C17H19F2N. The van der Waals surface area contributed by atoms with Crippen LogP contribution in [0.4, 0.5) is 8.78 Å². The van der Waals surface area contributed by atoms with E-state index >= 15 is 0 Å². The monoisotopic (exact) mass is 275 g/mol. The lowest BCUT2D eigenvalue weighted by Crippen LogP contribution is -2.18. The van der Waals surface area contributed by atoms with Crippen LogP contribution in [0.25, 0.3) is 0 Å². The Morgan fingerprint density at radius 2 is 1.50 bits per heavy atom. The smallest absolute Gasteiger partial charge is 0.126 e. The molecular weight excluding hydrogens is 256 g/mol. The molecule has 1 N–H and O–H groups in total. The van der Waals surface area contributed by atoms with E-state index in [9.17, 15) is 8.78 Å². The second-order valence-corrected chi connectivity index (χ2v) is 4.98. The summed E-state index contributed by atoms with van der Waals surface area (Å²) in [5.74, 6) is -1.08. The highest BCUT2D eigenvalue weighted by molar-refractivity contribution is 5.24. The lowest BCUT2D eigenvalue weighted by atomic mass is 10.1. The first kappa shape index (κ1) is 14.7. The molecule has 106 valence electrons. The number of halogens is 2. The molecule has 0 amide bonds. The predicted octanol–water partition coefficient (Wildman–Crippen LogP) is 4.38. The fourth-order valence-electron chi connectivity index (χ4n) is 2.11. The Labute approximate surface area is 118 Å². The zero-order chi connectivity index (χ0) is 14.5. The highest BCUT2D eigenvalue weighted by Gasteiger charge is 2.08. The Bertz CT molecular complexity index is 543. The third kappa shape index (κ3) is 3.87. The number of hydrogen-bond acceptors (Lipinski definition) is 1. The van der Waals surface area contributed by atoms with Gasteiger partial charge >= 0.3 is 0 Å². The van der Waals surface area contributed by atoms with Gasteiger partial charge in [0.15, 0.2) is 0 Å². The van der Waals surface area contributed by atoms with Gasteiger partial charge in [0.05, 0.1) is 0 Å². The summed E-state index contributed by atoms with van der Waals surface area (Å²) in [5.41, 5.74) is 3.08. The molecule has 0 aliphatic heterocycles. The molecule has 0 spiro atoms. The van der Waals surface area contributed by atoms with Crippen LogP contribution < -0.4 is 5.32 Å². The Hall–Kier alpha value is -1.74. The second kappa shape index (κ2) is 6.62. The molecule has 0 bridgehead atoms. The first-order valence-electron chi connectivity index (χ1n) is 6.85. The molecule has 2 aromatic carbocycles. The predicted molar refractivity (Wildman–Crippen MR) is 77.4 cm³/mol. The number of rotatable bonds is 5. The molecule has 1 unspecified atom stereocenters. The Kier molecular flexibility index (Phi) is 4.85. The summed E-state index contributed by atoms with van der Waals surface area (Å²) >= 11 is 0. The molecule has 20 heavy (non-hydrogen) atoms. The van der Waals surface area contributed by atoms with Crippen LogP contribution in [0.2, 0.25) is 0 Å². The average Bonchev–Trinajstić information content (AvgIpc) is 2.44. The van der Waals surface area contributed by atoms with Gasteiger partial charge in [-0.2, -0.15) is 0 Å². The van der Waals surface area contributed by atoms with E-state index in [-0.39, 0.29) is 6.04 Å². The van der Waals surface area contributed by atoms with Crippen molar-refractivity contribution >= 4 is 0 Å². The number of benzene rings is 2. The van der Waals surface area contributed by atoms with Crippen molar-refractivity contribution in [1.29, 1.82) is 0 Å². The third-order valence-corrected chi connectivity index (χ3v) is 3.43. The molecule has 3 heteroatoms. The van der Waals surface area contributed by atoms with Crippen molar-refractivity contribution < 1.29 is 8.78 Å². The third-order valence-electron chi connectivity index (χ3n) is 3.43. The minimum absolute atomic E-state index is 0.106. The van der Waals surface area contributed by atoms with E-state index in [4.69, 9.17) is 0 Å². The summed E-state index contributed by atoms with van der Waals surface area (Å²) in [4.78, 5) is 0. The molecule has 1 nitrogen and oxygen atoms in total. The molecule has 2 aromatic rings. The van der Waals surface area contributed by atoms with Gasteiger partial charge in [0, 0.05) is 18.7 Å². The molecule has 1 atom stereocenters. The zero-order valence-corrected chi connectivity index (χ0v) is 11.8. The maximum atomic E-state index is 13.2. The topological polar surface area (TPSA) is 12.0 Å². The SMILES string of the molecule is CCc1ccc(CNC(C)c2cc(F)cc(F)c2)cc1. The van der Waals surface area contributed by atoms with Crippen molar-refractivity contribution in [3.05, 3.63) is 70.8 Å². The van der Waals surface area contributed by atoms with Crippen LogP contribution >= 0.6 is 0 Å². The molecule has 0 fully saturated rings. The largest absolute Gasteiger partial charge is 0.306 e. The zero-order valence-electron chi connectivity index (χ0n) is 11.8. The highest BCUT2D eigenvalue weighted by Crippen LogP contribution is 2.16. The quantitative estimate of drug-likeness (QED) is 0.854. The van der Waals surface area contributed by atoms with E-state index in [2.05, 4.69) is 36.5 Å². The van der Waals surface area contributed by atoms with Crippen LogP contribution in [0.5, 0.6) is 0 Å². The van der Waals surface area contributed by atoms with Gasteiger partial charge in [-0.3, -0.25) is 0 Å². The summed E-state index contributed by atoms with van der Waals surface area (Å²) in [6, 6.07) is 11.9. The van der Waals surface area contributed by atoms with E-state index < -0.39 is 11.6 Å². The Morgan fingerprint density at radius 3 is 2.05 bits per heavy atom. The van der Waals surface area contributed by atoms with E-state index in [0.29, 0.717) is 12.1 Å². The average molecular weight is 275 g/mol. The molecule has 2 rings (SSSR count). The standard InChI is InChI=1S/C17H19F2N/c1-3-13-4-6-14(7-5-13)11-20-12(2)15-8-16(18)10-17(19)9-15/h4-10,12,20H,3,11H2,1-2H3. The molecule has 0 aliphatic carbocycles. The molecule has 0 radical (unpaired) electrons. The second-order valence-electron chi connectivity index (χ2n) is 4.98. The normalized spacial score (nSPS) is 12.4. The van der Waals surface area contributed by atoms with Crippen molar-refractivity contribution in [2.75, 3.05) is 0 Å². The van der Waals surface area contributed by atoms with Crippen molar-refractivity contribution in [2.24, 2.45) is 0 Å². The van der Waals surface area contributed by atoms with E-state index in [1.54, 1.807) is 0 Å². The molecule has 0 aromatic heterocycles. The van der Waals surface area contributed by atoms with Crippen molar-refractivity contribution in [2.45, 2.75) is 32.9 Å². The summed E-state index contributed by atoms with van der Waals surface area (Å²) < 4.78 is 26.3. The minimum Gasteiger partial charge on any atom is -0.306 e. The fraction of sp³-hybridized carbons (Fsp3) is 0.294. The Morgan fingerprint density at radius 1 is 0.950 bits per heavy atom. The lowest BCUT2D eigenvalue weighted by molar-refractivity contribution is 0.545. The van der Waals surface area contributed by atoms with Gasteiger partial charge in [-0.05, 0) is 42.2 Å². The van der Waals surface area contributed by atoms with Gasteiger partial charge in [-0.15, -0.1) is 0 Å². The lowest BCUT2D eigenvalue weighted by Gasteiger charge is -2.15. The summed E-state index contributed by atoms with van der Waals surface area (Å²) in [7, 11) is 0. The van der Waals surface area contributed by atoms with E-state index in [0.717, 1.165) is 18.1 Å². The molecule has 0 aliphatic rings. The first-order chi connectivity index (χ1) is 9.58.